The molecule has 0 atom stereocenters. The summed E-state index contributed by atoms with van der Waals surface area (Å²) in [6.45, 7) is 0. The van der Waals surface area contributed by atoms with Crippen molar-refractivity contribution in [2.45, 2.75) is 0 Å². The largest absolute Gasteiger partial charge is 2.00 e. The zero-order chi connectivity index (χ0) is 52.4. The van der Waals surface area contributed by atoms with Crippen molar-refractivity contribution in [3.63, 3.8) is 0 Å². The van der Waals surface area contributed by atoms with Gasteiger partial charge in [0.15, 0.2) is 0 Å². The molecule has 0 N–H and O–H groups in total. The zero-order valence-electron chi connectivity index (χ0n) is 43.0. The third-order valence-corrected chi connectivity index (χ3v) is 16.1. The van der Waals surface area contributed by atoms with Crippen LogP contribution in [-0.4, -0.2) is 29.9 Å². The first kappa shape index (κ1) is 46.8. The Hall–Kier alpha value is -10.3. The summed E-state index contributed by atoms with van der Waals surface area (Å²) in [5.41, 5.74) is 15.8. The molecule has 14 aromatic rings. The molecule has 1 aliphatic carbocycles. The summed E-state index contributed by atoms with van der Waals surface area (Å²) < 4.78 is 0. The molecule has 8 nitrogen and oxygen atoms in total. The van der Waals surface area contributed by atoms with Crippen LogP contribution in [-0.2, 0) is 20.4 Å². The summed E-state index contributed by atoms with van der Waals surface area (Å²) in [5, 5.41) is 12.5. The Morgan fingerprint density at radius 3 is 0.654 bits per heavy atom. The quantitative estimate of drug-likeness (QED) is 0.161. The van der Waals surface area contributed by atoms with E-state index < -0.39 is 0 Å². The second-order valence-corrected chi connectivity index (χ2v) is 20.6. The zero-order valence-corrected chi connectivity index (χ0v) is 44.5. The van der Waals surface area contributed by atoms with Gasteiger partial charge in [-0.05, 0) is 162 Å². The van der Waals surface area contributed by atoms with E-state index in [4.69, 9.17) is 39.9 Å². The Balaban J connectivity index is 0.00000542. The van der Waals surface area contributed by atoms with Crippen LogP contribution in [0.1, 0.15) is 0 Å². The van der Waals surface area contributed by atoms with Crippen LogP contribution in [0.5, 0.6) is 0 Å². The SMILES string of the molecule is [Pd+2].c1ccc(-c2c3nc(c(-c4ccccn4)c4[n-]c(c(-c5ccccn5)c5nc(c(-c6ccccn6)c6[n-]c2c2cc7ccccc7cc62)-c2cc6ccccc6cc2-5)c2cc5ccccc5cc42)-c2cc4ccccc4cc2-3)nc1. The molecule has 0 saturated carbocycles. The van der Waals surface area contributed by atoms with Gasteiger partial charge in [-0.3, -0.25) is 19.9 Å². The minimum atomic E-state index is 0. The van der Waals surface area contributed by atoms with E-state index in [1.807, 2.05) is 73.3 Å². The molecule has 0 spiro atoms. The number of hydrogen-bond acceptors (Lipinski definition) is 6. The second kappa shape index (κ2) is 18.4. The smallest absolute Gasteiger partial charge is 0.656 e. The first-order valence-electron chi connectivity index (χ1n) is 26.8. The van der Waals surface area contributed by atoms with Crippen molar-refractivity contribution < 1.29 is 20.4 Å². The normalized spacial score (nSPS) is 11.9. The van der Waals surface area contributed by atoms with Crippen LogP contribution in [0.15, 0.2) is 243 Å². The molecule has 0 fully saturated rings. The van der Waals surface area contributed by atoms with Crippen LogP contribution in [0.2, 0.25) is 0 Å². The van der Waals surface area contributed by atoms with Crippen molar-refractivity contribution in [2.24, 2.45) is 0 Å². The van der Waals surface area contributed by atoms with Gasteiger partial charge in [-0.2, -0.15) is 0 Å². The maximum absolute atomic E-state index is 6.02. The van der Waals surface area contributed by atoms with Crippen LogP contribution in [0.3, 0.4) is 0 Å². The van der Waals surface area contributed by atoms with Crippen molar-refractivity contribution >= 4 is 86.7 Å². The number of hydrogen-bond donors (Lipinski definition) is 0. The topological polar surface area (TPSA) is 106 Å². The average Bonchev–Trinajstić information content (AvgIpc) is 3.97. The summed E-state index contributed by atoms with van der Waals surface area (Å²) in [4.78, 5) is 44.9. The number of rotatable bonds is 4. The van der Waals surface area contributed by atoms with E-state index in [1.54, 1.807) is 0 Å². The molecule has 6 aromatic heterocycles. The summed E-state index contributed by atoms with van der Waals surface area (Å²) in [5.74, 6) is 0. The Morgan fingerprint density at radius 1 is 0.235 bits per heavy atom. The molecule has 378 valence electrons. The van der Waals surface area contributed by atoms with Gasteiger partial charge in [0.25, 0.3) is 0 Å². The Kier molecular flexibility index (Phi) is 10.6. The average molecular weight is 1120 g/mol. The second-order valence-electron chi connectivity index (χ2n) is 20.6. The van der Waals surface area contributed by atoms with Gasteiger partial charge in [0, 0.05) is 69.3 Å². The first-order chi connectivity index (χ1) is 39.7. The molecule has 17 rings (SSSR count). The third-order valence-electron chi connectivity index (χ3n) is 16.1. The van der Waals surface area contributed by atoms with Gasteiger partial charge in [0.2, 0.25) is 0 Å². The first-order valence-corrected chi connectivity index (χ1v) is 26.8. The van der Waals surface area contributed by atoms with Crippen LogP contribution in [0.4, 0.5) is 0 Å². The molecule has 3 aliphatic rings. The van der Waals surface area contributed by atoms with Crippen LogP contribution >= 0.6 is 0 Å². The van der Waals surface area contributed by atoms with Gasteiger partial charge < -0.3 is 9.97 Å². The van der Waals surface area contributed by atoms with Crippen molar-refractivity contribution in [1.82, 2.24) is 39.9 Å². The summed E-state index contributed by atoms with van der Waals surface area (Å²) in [6, 6.07) is 76.7. The van der Waals surface area contributed by atoms with Crippen molar-refractivity contribution in [3.8, 4) is 90.1 Å². The number of benzene rings is 8. The van der Waals surface area contributed by atoms with E-state index in [0.717, 1.165) is 177 Å². The van der Waals surface area contributed by atoms with Gasteiger partial charge in [-0.25, -0.2) is 9.97 Å². The molecular formula is C72H40N8Pd. The number of aromatic nitrogens is 8. The minimum absolute atomic E-state index is 0. The summed E-state index contributed by atoms with van der Waals surface area (Å²) >= 11 is 0. The van der Waals surface area contributed by atoms with Gasteiger partial charge >= 0.3 is 20.4 Å². The molecule has 8 bridgehead atoms. The molecule has 8 heterocycles. The monoisotopic (exact) mass is 1120 g/mol. The number of nitrogens with zero attached hydrogens (tertiary/aromatic N) is 8. The molecule has 81 heavy (non-hydrogen) atoms. The number of pyridine rings is 4. The van der Waals surface area contributed by atoms with Crippen molar-refractivity contribution in [2.75, 3.05) is 0 Å². The van der Waals surface area contributed by atoms with Gasteiger partial charge in [-0.15, -0.1) is 22.1 Å². The molecular weight excluding hydrogens is 1080 g/mol. The fourth-order valence-corrected chi connectivity index (χ4v) is 12.4. The number of fused-ring (bicyclic) bond motifs is 4. The predicted molar refractivity (Wildman–Crippen MR) is 326 cm³/mol. The van der Waals surface area contributed by atoms with E-state index in [0.29, 0.717) is 0 Å². The fraction of sp³-hybridized carbons (Fsp3) is 0. The Bertz CT molecular complexity index is 4640. The van der Waals surface area contributed by atoms with Crippen LogP contribution in [0, 0.1) is 0 Å². The van der Waals surface area contributed by atoms with E-state index >= 15 is 0 Å². The predicted octanol–water partition coefficient (Wildman–Crippen LogP) is 17.4. The molecule has 8 aromatic carbocycles. The van der Waals surface area contributed by atoms with Crippen molar-refractivity contribution in [1.29, 1.82) is 0 Å². The fourth-order valence-electron chi connectivity index (χ4n) is 12.4. The molecule has 0 saturated heterocycles. The molecule has 2 aliphatic heterocycles. The van der Waals surface area contributed by atoms with Gasteiger partial charge in [-0.1, -0.05) is 121 Å². The van der Waals surface area contributed by atoms with Crippen LogP contribution in [0.25, 0.3) is 177 Å². The minimum Gasteiger partial charge on any atom is -0.656 e. The maximum Gasteiger partial charge on any atom is 2.00 e. The van der Waals surface area contributed by atoms with E-state index in [9.17, 15) is 0 Å². The molecule has 0 radical (unpaired) electrons. The van der Waals surface area contributed by atoms with E-state index in [1.165, 1.54) is 0 Å². The molecule has 9 heteroatoms. The summed E-state index contributed by atoms with van der Waals surface area (Å²) in [6.07, 6.45) is 7.42. The molecule has 0 amide bonds. The third kappa shape index (κ3) is 7.27. The van der Waals surface area contributed by atoms with E-state index in [-0.39, 0.29) is 20.4 Å². The summed E-state index contributed by atoms with van der Waals surface area (Å²) in [7, 11) is 0. The van der Waals surface area contributed by atoms with Crippen molar-refractivity contribution in [3.05, 3.63) is 243 Å². The van der Waals surface area contributed by atoms with Gasteiger partial charge in [0.1, 0.15) is 0 Å². The molecule has 0 unspecified atom stereocenters. The Morgan fingerprint density at radius 2 is 0.444 bits per heavy atom. The Labute approximate surface area is 477 Å². The van der Waals surface area contributed by atoms with Gasteiger partial charge in [0.05, 0.1) is 45.6 Å². The van der Waals surface area contributed by atoms with E-state index in [2.05, 4.69) is 170 Å². The van der Waals surface area contributed by atoms with Crippen LogP contribution < -0.4 is 9.97 Å². The standard InChI is InChI=1S/C72H40N8.Pd/c1-2-18-42-34-50-49(33-41(42)17-1)65-61(57-25-9-13-29-73-57)67-51-35-43-19-3-4-20-44(43)36-52(51)69(78-67)63(59-27-11-15-31-75-59)71-55-39-47-23-7-8-24-48(47)40-56(55)72(80-71)64(60-28-12-16-32-76-60)70-54-38-46-22-6-5-21-45(46)37-53(54)68(79-70)62(66(50)77-65)58-26-10-14-30-74-58;/h1-40H;/q-2;+2. The maximum atomic E-state index is 6.02.